The average molecular weight is 273 g/mol. The van der Waals surface area contributed by atoms with E-state index in [4.69, 9.17) is 10.8 Å². The Balaban J connectivity index is 4.59. The predicted molar refractivity (Wildman–Crippen MR) is 70.5 cm³/mol. The standard InChI is InChI=1S/C12H23N3O4/c1-4-8(3)7-15(5-2)12(19)14-9(11(17)18)6-10(13)16/h8-9H,4-7H2,1-3H3,(H2,13,16)(H,14,19)(H,17,18)/t8?,9-/m1/s1. The summed E-state index contributed by atoms with van der Waals surface area (Å²) in [7, 11) is 0. The lowest BCUT2D eigenvalue weighted by Gasteiger charge is -2.26. The Morgan fingerprint density at radius 1 is 1.32 bits per heavy atom. The Labute approximate surface area is 113 Å². The highest BCUT2D eigenvalue weighted by Gasteiger charge is 2.24. The zero-order chi connectivity index (χ0) is 15.0. The van der Waals surface area contributed by atoms with Crippen molar-refractivity contribution < 1.29 is 19.5 Å². The van der Waals surface area contributed by atoms with Gasteiger partial charge in [0, 0.05) is 13.1 Å². The summed E-state index contributed by atoms with van der Waals surface area (Å²) in [4.78, 5) is 35.1. The summed E-state index contributed by atoms with van der Waals surface area (Å²) in [6.45, 7) is 6.85. The number of aliphatic carboxylic acids is 1. The number of rotatable bonds is 8. The molecule has 0 rings (SSSR count). The van der Waals surface area contributed by atoms with Gasteiger partial charge in [-0.3, -0.25) is 4.79 Å². The maximum Gasteiger partial charge on any atom is 0.326 e. The third-order valence-electron chi connectivity index (χ3n) is 2.90. The Kier molecular flexibility index (Phi) is 7.55. The van der Waals surface area contributed by atoms with Gasteiger partial charge in [0.1, 0.15) is 6.04 Å². The first-order valence-corrected chi connectivity index (χ1v) is 6.38. The van der Waals surface area contributed by atoms with E-state index >= 15 is 0 Å². The van der Waals surface area contributed by atoms with Crippen LogP contribution >= 0.6 is 0 Å². The number of primary amides is 1. The molecule has 0 fully saturated rings. The Morgan fingerprint density at radius 2 is 1.89 bits per heavy atom. The van der Waals surface area contributed by atoms with Crippen molar-refractivity contribution in [2.24, 2.45) is 11.7 Å². The molecule has 0 radical (unpaired) electrons. The van der Waals surface area contributed by atoms with Crippen LogP contribution < -0.4 is 11.1 Å². The number of carbonyl (C=O) groups is 3. The smallest absolute Gasteiger partial charge is 0.326 e. The Morgan fingerprint density at radius 3 is 2.26 bits per heavy atom. The number of carboxylic acids is 1. The van der Waals surface area contributed by atoms with E-state index in [1.165, 1.54) is 4.90 Å². The number of hydrogen-bond acceptors (Lipinski definition) is 3. The quantitative estimate of drug-likeness (QED) is 0.593. The molecule has 7 nitrogen and oxygen atoms in total. The van der Waals surface area contributed by atoms with Crippen LogP contribution in [0, 0.1) is 5.92 Å². The van der Waals surface area contributed by atoms with Gasteiger partial charge in [-0.2, -0.15) is 0 Å². The SMILES string of the molecule is CCC(C)CN(CC)C(=O)N[C@H](CC(N)=O)C(=O)O. The van der Waals surface area contributed by atoms with Gasteiger partial charge >= 0.3 is 12.0 Å². The minimum atomic E-state index is -1.28. The summed E-state index contributed by atoms with van der Waals surface area (Å²) in [5.41, 5.74) is 4.95. The number of nitrogens with two attached hydrogens (primary N) is 1. The molecule has 0 heterocycles. The van der Waals surface area contributed by atoms with E-state index in [0.717, 1.165) is 6.42 Å². The van der Waals surface area contributed by atoms with Gasteiger partial charge in [-0.05, 0) is 12.8 Å². The molecule has 0 aromatic rings. The molecule has 0 bridgehead atoms. The van der Waals surface area contributed by atoms with Crippen molar-refractivity contribution >= 4 is 17.9 Å². The number of urea groups is 1. The van der Waals surface area contributed by atoms with E-state index in [1.807, 2.05) is 20.8 Å². The Hall–Kier alpha value is -1.79. The molecular formula is C12H23N3O4. The molecule has 4 N–H and O–H groups in total. The number of nitrogens with one attached hydrogen (secondary N) is 1. The summed E-state index contributed by atoms with van der Waals surface area (Å²) < 4.78 is 0. The van der Waals surface area contributed by atoms with Gasteiger partial charge in [0.25, 0.3) is 0 Å². The van der Waals surface area contributed by atoms with Crippen molar-refractivity contribution in [2.75, 3.05) is 13.1 Å². The molecule has 7 heteroatoms. The van der Waals surface area contributed by atoms with Gasteiger partial charge in [-0.1, -0.05) is 20.3 Å². The predicted octanol–water partition coefficient (Wildman–Crippen LogP) is 0.393. The van der Waals surface area contributed by atoms with Gasteiger partial charge in [-0.25, -0.2) is 9.59 Å². The van der Waals surface area contributed by atoms with Crippen molar-refractivity contribution in [3.8, 4) is 0 Å². The monoisotopic (exact) mass is 273 g/mol. The molecule has 0 saturated carbocycles. The molecule has 0 aromatic carbocycles. The van der Waals surface area contributed by atoms with Gasteiger partial charge in [0.2, 0.25) is 5.91 Å². The molecule has 110 valence electrons. The minimum Gasteiger partial charge on any atom is -0.480 e. The molecule has 0 aliphatic heterocycles. The lowest BCUT2D eigenvalue weighted by atomic mass is 10.1. The molecule has 19 heavy (non-hydrogen) atoms. The van der Waals surface area contributed by atoms with E-state index in [-0.39, 0.29) is 0 Å². The molecule has 0 aromatic heterocycles. The van der Waals surface area contributed by atoms with E-state index in [0.29, 0.717) is 19.0 Å². The summed E-state index contributed by atoms with van der Waals surface area (Å²) in [5.74, 6) is -1.71. The molecule has 0 saturated heterocycles. The summed E-state index contributed by atoms with van der Waals surface area (Å²) in [6, 6.07) is -1.77. The Bertz CT molecular complexity index is 333. The fourth-order valence-electron chi connectivity index (χ4n) is 1.50. The third kappa shape index (κ3) is 6.64. The fourth-order valence-corrected chi connectivity index (χ4v) is 1.50. The summed E-state index contributed by atoms with van der Waals surface area (Å²) in [6.07, 6.45) is 0.509. The van der Waals surface area contributed by atoms with Crippen LogP contribution in [-0.2, 0) is 9.59 Å². The second kappa shape index (κ2) is 8.34. The van der Waals surface area contributed by atoms with Gasteiger partial charge in [-0.15, -0.1) is 0 Å². The minimum absolute atomic E-state index is 0.324. The van der Waals surface area contributed by atoms with Crippen LogP contribution in [0.2, 0.25) is 0 Å². The van der Waals surface area contributed by atoms with Crippen molar-refractivity contribution in [3.63, 3.8) is 0 Å². The molecule has 0 aliphatic carbocycles. The largest absolute Gasteiger partial charge is 0.480 e. The van der Waals surface area contributed by atoms with Crippen molar-refractivity contribution in [1.29, 1.82) is 0 Å². The second-order valence-electron chi connectivity index (χ2n) is 4.56. The van der Waals surface area contributed by atoms with Crippen molar-refractivity contribution in [3.05, 3.63) is 0 Å². The van der Waals surface area contributed by atoms with Crippen LogP contribution in [0.15, 0.2) is 0 Å². The van der Waals surface area contributed by atoms with E-state index in [1.54, 1.807) is 0 Å². The van der Waals surface area contributed by atoms with Crippen molar-refractivity contribution in [1.82, 2.24) is 10.2 Å². The normalized spacial score (nSPS) is 13.4. The van der Waals surface area contributed by atoms with E-state index < -0.39 is 30.4 Å². The first kappa shape index (κ1) is 17.2. The van der Waals surface area contributed by atoms with Crippen LogP contribution in [-0.4, -0.2) is 47.0 Å². The first-order valence-electron chi connectivity index (χ1n) is 6.38. The van der Waals surface area contributed by atoms with Crippen molar-refractivity contribution in [2.45, 2.75) is 39.7 Å². The topological polar surface area (TPSA) is 113 Å². The lowest BCUT2D eigenvalue weighted by molar-refractivity contribution is -0.140. The second-order valence-corrected chi connectivity index (χ2v) is 4.56. The van der Waals surface area contributed by atoms with Gasteiger partial charge in [0.05, 0.1) is 6.42 Å². The van der Waals surface area contributed by atoms with Crippen LogP contribution in [0.3, 0.4) is 0 Å². The lowest BCUT2D eigenvalue weighted by Crippen LogP contribution is -2.50. The van der Waals surface area contributed by atoms with Crippen LogP contribution in [0.5, 0.6) is 0 Å². The molecule has 3 amide bonds. The zero-order valence-corrected chi connectivity index (χ0v) is 11.7. The van der Waals surface area contributed by atoms with Gasteiger partial charge in [0.15, 0.2) is 0 Å². The van der Waals surface area contributed by atoms with E-state index in [9.17, 15) is 14.4 Å². The number of amides is 3. The van der Waals surface area contributed by atoms with Gasteiger partial charge < -0.3 is 21.1 Å². The number of nitrogens with zero attached hydrogens (tertiary/aromatic N) is 1. The number of carbonyl (C=O) groups excluding carboxylic acids is 2. The summed E-state index contributed by atoms with van der Waals surface area (Å²) in [5, 5.41) is 11.2. The number of hydrogen-bond donors (Lipinski definition) is 3. The highest BCUT2D eigenvalue weighted by molar-refractivity contribution is 5.87. The molecule has 2 atom stereocenters. The zero-order valence-electron chi connectivity index (χ0n) is 11.7. The molecule has 0 spiro atoms. The van der Waals surface area contributed by atoms with Crippen LogP contribution in [0.4, 0.5) is 4.79 Å². The number of carboxylic acid groups (broad SMARTS) is 1. The third-order valence-corrected chi connectivity index (χ3v) is 2.90. The first-order chi connectivity index (χ1) is 8.81. The van der Waals surface area contributed by atoms with Crippen LogP contribution in [0.25, 0.3) is 0 Å². The molecule has 0 aliphatic rings. The molecule has 1 unspecified atom stereocenters. The summed E-state index contributed by atoms with van der Waals surface area (Å²) >= 11 is 0. The maximum atomic E-state index is 11.9. The highest BCUT2D eigenvalue weighted by atomic mass is 16.4. The molecular weight excluding hydrogens is 250 g/mol. The highest BCUT2D eigenvalue weighted by Crippen LogP contribution is 2.05. The maximum absolute atomic E-state index is 11.9. The van der Waals surface area contributed by atoms with Crippen LogP contribution in [0.1, 0.15) is 33.6 Å². The average Bonchev–Trinajstić information content (AvgIpc) is 2.33. The fraction of sp³-hybridized carbons (Fsp3) is 0.750. The van der Waals surface area contributed by atoms with E-state index in [2.05, 4.69) is 5.32 Å².